The van der Waals surface area contributed by atoms with E-state index in [-0.39, 0.29) is 23.1 Å². The van der Waals surface area contributed by atoms with E-state index in [1.807, 2.05) is 13.8 Å². The smallest absolute Gasteiger partial charge is 0.337 e. The van der Waals surface area contributed by atoms with Crippen LogP contribution in [0.3, 0.4) is 0 Å². The van der Waals surface area contributed by atoms with E-state index >= 15 is 0 Å². The Labute approximate surface area is 191 Å². The number of aromatic hydroxyl groups is 1. The topological polar surface area (TPSA) is 84.9 Å². The molecule has 0 aromatic heterocycles. The molecule has 0 radical (unpaired) electrons. The minimum absolute atomic E-state index is 0.00764. The molecule has 0 spiro atoms. The second kappa shape index (κ2) is 8.69. The Morgan fingerprint density at radius 2 is 2.00 bits per heavy atom. The van der Waals surface area contributed by atoms with E-state index in [9.17, 15) is 14.7 Å². The summed E-state index contributed by atoms with van der Waals surface area (Å²) >= 11 is 3.39. The molecule has 168 valence electrons. The Morgan fingerprint density at radius 1 is 1.32 bits per heavy atom. The lowest BCUT2D eigenvalue weighted by Crippen LogP contribution is -2.39. The number of esters is 1. The molecule has 7 heteroatoms. The highest BCUT2D eigenvalue weighted by molar-refractivity contribution is 9.10. The van der Waals surface area contributed by atoms with Crippen molar-refractivity contribution in [3.8, 4) is 11.5 Å². The molecule has 0 saturated heterocycles. The Balaban J connectivity index is 2.23. The van der Waals surface area contributed by atoms with Gasteiger partial charge in [-0.15, -0.1) is 0 Å². The number of ketones is 1. The number of ether oxygens (including phenoxy) is 2. The minimum Gasteiger partial charge on any atom is -0.503 e. The summed E-state index contributed by atoms with van der Waals surface area (Å²) in [6, 6.07) is 3.44. The van der Waals surface area contributed by atoms with Crippen molar-refractivity contribution in [3.63, 3.8) is 0 Å². The van der Waals surface area contributed by atoms with Crippen LogP contribution in [0.2, 0.25) is 0 Å². The summed E-state index contributed by atoms with van der Waals surface area (Å²) in [7, 11) is 0. The Hall–Kier alpha value is -2.28. The predicted octanol–water partition coefficient (Wildman–Crippen LogP) is 5.11. The van der Waals surface area contributed by atoms with Gasteiger partial charge in [-0.05, 0) is 73.2 Å². The molecule has 0 saturated carbocycles. The number of allylic oxidation sites excluding steroid dienone is 3. The van der Waals surface area contributed by atoms with Crippen LogP contribution in [0, 0.1) is 5.41 Å². The molecule has 1 heterocycles. The Kier molecular flexibility index (Phi) is 6.56. The van der Waals surface area contributed by atoms with Crippen molar-refractivity contribution >= 4 is 27.7 Å². The summed E-state index contributed by atoms with van der Waals surface area (Å²) in [5, 5.41) is 13.7. The zero-order valence-electron chi connectivity index (χ0n) is 18.9. The summed E-state index contributed by atoms with van der Waals surface area (Å²) in [6.07, 6.45) is 0.800. The maximum Gasteiger partial charge on any atom is 0.337 e. The third-order valence-corrected chi connectivity index (χ3v) is 6.09. The fourth-order valence-electron chi connectivity index (χ4n) is 4.34. The van der Waals surface area contributed by atoms with Gasteiger partial charge < -0.3 is 19.9 Å². The Bertz CT molecular complexity index is 990. The first kappa shape index (κ1) is 23.4. The number of hydrogen-bond acceptors (Lipinski definition) is 6. The van der Waals surface area contributed by atoms with Gasteiger partial charge in [0.2, 0.25) is 0 Å². The fourth-order valence-corrected chi connectivity index (χ4v) is 4.80. The zero-order chi connectivity index (χ0) is 23.1. The number of carbonyl (C=O) groups excluding carboxylic acids is 2. The van der Waals surface area contributed by atoms with Gasteiger partial charge in [-0.3, -0.25) is 4.79 Å². The van der Waals surface area contributed by atoms with Gasteiger partial charge in [-0.25, -0.2) is 4.79 Å². The molecule has 0 unspecified atom stereocenters. The van der Waals surface area contributed by atoms with E-state index in [2.05, 4.69) is 35.1 Å². The van der Waals surface area contributed by atoms with Gasteiger partial charge in [0.05, 0.1) is 22.8 Å². The summed E-state index contributed by atoms with van der Waals surface area (Å²) in [6.45, 7) is 11.7. The first-order valence-corrected chi connectivity index (χ1v) is 11.3. The van der Waals surface area contributed by atoms with Gasteiger partial charge in [0.15, 0.2) is 17.3 Å². The predicted molar refractivity (Wildman–Crippen MR) is 122 cm³/mol. The van der Waals surface area contributed by atoms with Crippen LogP contribution in [0.25, 0.3) is 0 Å². The molecule has 6 nitrogen and oxygen atoms in total. The van der Waals surface area contributed by atoms with Crippen molar-refractivity contribution in [3.05, 3.63) is 44.7 Å². The first-order chi connectivity index (χ1) is 14.4. The second-order valence-corrected chi connectivity index (χ2v) is 10.0. The third-order valence-electron chi connectivity index (χ3n) is 5.49. The van der Waals surface area contributed by atoms with Crippen molar-refractivity contribution in [2.45, 2.75) is 66.4 Å². The molecule has 1 atom stereocenters. The fraction of sp³-hybridized carbons (Fsp3) is 0.500. The molecule has 1 aliphatic heterocycles. The van der Waals surface area contributed by atoms with Gasteiger partial charge in [-0.1, -0.05) is 13.8 Å². The Morgan fingerprint density at radius 3 is 2.61 bits per heavy atom. The average molecular weight is 492 g/mol. The van der Waals surface area contributed by atoms with Crippen LogP contribution < -0.4 is 10.1 Å². The van der Waals surface area contributed by atoms with Crippen molar-refractivity contribution in [1.82, 2.24) is 5.32 Å². The van der Waals surface area contributed by atoms with Gasteiger partial charge in [-0.2, -0.15) is 0 Å². The highest BCUT2D eigenvalue weighted by Crippen LogP contribution is 2.49. The lowest BCUT2D eigenvalue weighted by Gasteiger charge is -2.39. The molecule has 2 N–H and O–H groups in total. The molecule has 0 bridgehead atoms. The van der Waals surface area contributed by atoms with Crippen LogP contribution in [0.5, 0.6) is 11.5 Å². The lowest BCUT2D eigenvalue weighted by molar-refractivity contribution is -0.143. The standard InChI is InChI=1S/C24H30BrNO5/c1-7-30-18-9-14(8-15(25)22(18)28)20-19(23(29)31-12(2)3)13(4)26-16-10-24(5,6)11-17(27)21(16)20/h8-9,12,20,26,28H,7,10-11H2,1-6H3/t20-/m0/s1. The van der Waals surface area contributed by atoms with Crippen molar-refractivity contribution < 1.29 is 24.2 Å². The molecule has 1 aromatic carbocycles. The van der Waals surface area contributed by atoms with E-state index < -0.39 is 11.9 Å². The molecule has 1 aliphatic carbocycles. The number of phenolic OH excluding ortho intramolecular Hbond substituents is 1. The number of rotatable bonds is 5. The van der Waals surface area contributed by atoms with Gasteiger partial charge >= 0.3 is 5.97 Å². The summed E-state index contributed by atoms with van der Waals surface area (Å²) in [4.78, 5) is 26.4. The average Bonchev–Trinajstić information content (AvgIpc) is 2.62. The van der Waals surface area contributed by atoms with Crippen LogP contribution in [-0.4, -0.2) is 29.6 Å². The molecule has 0 amide bonds. The minimum atomic E-state index is -0.609. The normalized spacial score (nSPS) is 20.5. The van der Waals surface area contributed by atoms with Crippen molar-refractivity contribution in [2.75, 3.05) is 6.61 Å². The number of phenols is 1. The van der Waals surface area contributed by atoms with Crippen LogP contribution in [-0.2, 0) is 14.3 Å². The molecule has 31 heavy (non-hydrogen) atoms. The largest absolute Gasteiger partial charge is 0.503 e. The maximum atomic E-state index is 13.3. The van der Waals surface area contributed by atoms with Crippen molar-refractivity contribution in [1.29, 1.82) is 0 Å². The summed E-state index contributed by atoms with van der Waals surface area (Å²) < 4.78 is 11.6. The number of halogens is 1. The van der Waals surface area contributed by atoms with Gasteiger partial charge in [0.25, 0.3) is 0 Å². The number of dihydropyridines is 1. The number of nitrogens with one attached hydrogen (secondary N) is 1. The number of Topliss-reactive ketones (excluding diaryl/α,β-unsaturated/α-hetero) is 1. The molecule has 2 aliphatic rings. The SMILES string of the molecule is CCOc1cc([C@H]2C(C(=O)OC(C)C)=C(C)NC3=C2C(=O)CC(C)(C)C3)cc(Br)c1O. The quantitative estimate of drug-likeness (QED) is 0.556. The van der Waals surface area contributed by atoms with Crippen LogP contribution >= 0.6 is 15.9 Å². The lowest BCUT2D eigenvalue weighted by atomic mass is 9.68. The van der Waals surface area contributed by atoms with E-state index in [4.69, 9.17) is 9.47 Å². The highest BCUT2D eigenvalue weighted by atomic mass is 79.9. The highest BCUT2D eigenvalue weighted by Gasteiger charge is 2.43. The molecule has 3 rings (SSSR count). The third kappa shape index (κ3) is 4.66. The van der Waals surface area contributed by atoms with E-state index in [0.717, 1.165) is 5.70 Å². The zero-order valence-corrected chi connectivity index (χ0v) is 20.5. The van der Waals surface area contributed by atoms with Crippen LogP contribution in [0.4, 0.5) is 0 Å². The molecule has 0 fully saturated rings. The van der Waals surface area contributed by atoms with Gasteiger partial charge in [0, 0.05) is 29.3 Å². The molecule has 1 aromatic rings. The van der Waals surface area contributed by atoms with Crippen LogP contribution in [0.15, 0.2) is 39.1 Å². The second-order valence-electron chi connectivity index (χ2n) is 9.17. The summed E-state index contributed by atoms with van der Waals surface area (Å²) in [5.41, 5.74) is 3.01. The first-order valence-electron chi connectivity index (χ1n) is 10.6. The van der Waals surface area contributed by atoms with E-state index in [0.29, 0.717) is 52.1 Å². The maximum absolute atomic E-state index is 13.3. The summed E-state index contributed by atoms with van der Waals surface area (Å²) in [5.74, 6) is -0.783. The molecular weight excluding hydrogens is 462 g/mol. The van der Waals surface area contributed by atoms with E-state index in [1.165, 1.54) is 0 Å². The van der Waals surface area contributed by atoms with Crippen molar-refractivity contribution in [2.24, 2.45) is 5.41 Å². The van der Waals surface area contributed by atoms with Crippen LogP contribution in [0.1, 0.15) is 65.9 Å². The monoisotopic (exact) mass is 491 g/mol. The number of carbonyl (C=O) groups is 2. The molecular formula is C24H30BrNO5. The number of benzene rings is 1. The van der Waals surface area contributed by atoms with Gasteiger partial charge in [0.1, 0.15) is 0 Å². The number of hydrogen-bond donors (Lipinski definition) is 2. The van der Waals surface area contributed by atoms with E-state index in [1.54, 1.807) is 26.0 Å².